The number of carbonyl (C=O) groups is 1. The molecule has 7 heteroatoms. The highest BCUT2D eigenvalue weighted by Crippen LogP contribution is 2.35. The van der Waals surface area contributed by atoms with Crippen molar-refractivity contribution in [2.45, 2.75) is 52.9 Å². The first-order chi connectivity index (χ1) is 21.6. The largest absolute Gasteiger partial charge is 0.454 e. The Bertz CT molecular complexity index is 1700. The van der Waals surface area contributed by atoms with Gasteiger partial charge < -0.3 is 19.4 Å². The summed E-state index contributed by atoms with van der Waals surface area (Å²) >= 11 is 0. The van der Waals surface area contributed by atoms with Gasteiger partial charge in [-0.15, -0.1) is 0 Å². The van der Waals surface area contributed by atoms with E-state index in [0.29, 0.717) is 19.6 Å². The van der Waals surface area contributed by atoms with E-state index in [0.717, 1.165) is 70.3 Å². The molecule has 2 heterocycles. The van der Waals surface area contributed by atoms with E-state index >= 15 is 0 Å². The summed E-state index contributed by atoms with van der Waals surface area (Å²) in [5.41, 5.74) is 7.52. The molecule has 0 atom stereocenters. The monoisotopic (exact) mass is 586 g/mol. The smallest absolute Gasteiger partial charge is 0.231 e. The van der Waals surface area contributed by atoms with Crippen LogP contribution in [-0.2, 0) is 31.0 Å². The highest BCUT2D eigenvalue weighted by atomic mass is 16.7. The fourth-order valence-corrected chi connectivity index (χ4v) is 5.67. The van der Waals surface area contributed by atoms with Crippen LogP contribution in [-0.4, -0.2) is 27.2 Å². The maximum Gasteiger partial charge on any atom is 0.231 e. The topological polar surface area (TPSA) is 68.6 Å². The third-order valence-electron chi connectivity index (χ3n) is 7.78. The van der Waals surface area contributed by atoms with Gasteiger partial charge in [-0.2, -0.15) is 0 Å². The zero-order valence-electron chi connectivity index (χ0n) is 25.3. The summed E-state index contributed by atoms with van der Waals surface area (Å²) in [7, 11) is 0. The van der Waals surface area contributed by atoms with E-state index in [1.54, 1.807) is 0 Å². The summed E-state index contributed by atoms with van der Waals surface area (Å²) in [6.45, 7) is 7.00. The number of nitrogens with one attached hydrogen (secondary N) is 1. The lowest BCUT2D eigenvalue weighted by molar-refractivity contribution is -0.114. The fourth-order valence-electron chi connectivity index (χ4n) is 5.67. The number of benzene rings is 4. The van der Waals surface area contributed by atoms with Gasteiger partial charge in [-0.25, -0.2) is 4.98 Å². The number of aromatic nitrogens is 2. The van der Waals surface area contributed by atoms with Crippen molar-refractivity contribution in [2.24, 2.45) is 0 Å². The molecule has 7 nitrogen and oxygen atoms in total. The van der Waals surface area contributed by atoms with Gasteiger partial charge in [0.2, 0.25) is 12.7 Å². The van der Waals surface area contributed by atoms with Crippen LogP contribution in [0, 0.1) is 0 Å². The molecular weight excluding hydrogens is 548 g/mol. The Balaban J connectivity index is 1.41. The molecule has 0 radical (unpaired) electrons. The first-order valence-electron chi connectivity index (χ1n) is 15.2. The van der Waals surface area contributed by atoms with Crippen LogP contribution in [0.25, 0.3) is 22.6 Å². The summed E-state index contributed by atoms with van der Waals surface area (Å²) in [6.07, 6.45) is 2.15. The van der Waals surface area contributed by atoms with Gasteiger partial charge in [0.25, 0.3) is 0 Å². The molecule has 1 aliphatic heterocycles. The number of unbranched alkanes of at least 4 members (excludes halogenated alkanes) is 1. The summed E-state index contributed by atoms with van der Waals surface area (Å²) in [5.74, 6) is 2.48. The Labute approximate surface area is 259 Å². The molecule has 44 heavy (non-hydrogen) atoms. The fraction of sp³-hybridized carbons (Fsp3) is 0.243. The number of ether oxygens (including phenoxy) is 2. The van der Waals surface area contributed by atoms with Crippen molar-refractivity contribution in [1.29, 1.82) is 0 Å². The molecule has 0 saturated carbocycles. The third kappa shape index (κ3) is 6.84. The lowest BCUT2D eigenvalue weighted by Gasteiger charge is -2.25. The number of rotatable bonds is 12. The average Bonchev–Trinajstić information content (AvgIpc) is 3.66. The molecule has 6 rings (SSSR count). The Morgan fingerprint density at radius 2 is 1.48 bits per heavy atom. The number of fused-ring (bicyclic) bond motifs is 1. The van der Waals surface area contributed by atoms with Crippen molar-refractivity contribution in [3.63, 3.8) is 0 Å². The maximum atomic E-state index is 11.6. The molecule has 0 aliphatic carbocycles. The van der Waals surface area contributed by atoms with E-state index in [9.17, 15) is 4.79 Å². The summed E-state index contributed by atoms with van der Waals surface area (Å²) in [4.78, 5) is 19.3. The Morgan fingerprint density at radius 1 is 0.818 bits per heavy atom. The zero-order valence-corrected chi connectivity index (χ0v) is 25.3. The summed E-state index contributed by atoms with van der Waals surface area (Å²) in [5, 5.41) is 2.87. The van der Waals surface area contributed by atoms with Crippen LogP contribution in [0.1, 0.15) is 43.5 Å². The maximum absolute atomic E-state index is 11.6. The standard InChI is InChI=1S/C37H38N4O3/c1-3-4-21-41-33(36(30-11-7-5-8-12-30)39-37(41)31-13-9-6-10-14-31)25-40(23-28-15-18-32(19-16-28)38-27(2)42)24-29-17-20-34-35(22-29)44-26-43-34/h5-20,22H,3-4,21,23-26H2,1-2H3,(H,38,42). The number of anilines is 1. The molecule has 0 saturated heterocycles. The molecule has 0 bridgehead atoms. The van der Waals surface area contributed by atoms with Gasteiger partial charge in [0.05, 0.1) is 11.4 Å². The van der Waals surface area contributed by atoms with Crippen LogP contribution in [0.3, 0.4) is 0 Å². The van der Waals surface area contributed by atoms with E-state index in [-0.39, 0.29) is 12.7 Å². The van der Waals surface area contributed by atoms with Gasteiger partial charge in [-0.3, -0.25) is 9.69 Å². The van der Waals surface area contributed by atoms with Crippen molar-refractivity contribution >= 4 is 11.6 Å². The van der Waals surface area contributed by atoms with E-state index in [2.05, 4.69) is 94.5 Å². The Morgan fingerprint density at radius 3 is 2.18 bits per heavy atom. The number of amides is 1. The van der Waals surface area contributed by atoms with Crippen LogP contribution in [0.15, 0.2) is 103 Å². The SMILES string of the molecule is CCCCn1c(-c2ccccc2)nc(-c2ccccc2)c1CN(Cc1ccc(NC(C)=O)cc1)Cc1ccc2c(c1)OCO2. The van der Waals surface area contributed by atoms with Crippen molar-refractivity contribution in [1.82, 2.24) is 14.5 Å². The molecular formula is C37H38N4O3. The lowest BCUT2D eigenvalue weighted by Crippen LogP contribution is -2.24. The zero-order chi connectivity index (χ0) is 30.3. The third-order valence-corrected chi connectivity index (χ3v) is 7.78. The minimum Gasteiger partial charge on any atom is -0.454 e. The highest BCUT2D eigenvalue weighted by Gasteiger charge is 2.23. The predicted octanol–water partition coefficient (Wildman–Crippen LogP) is 7.91. The number of hydrogen-bond acceptors (Lipinski definition) is 5. The van der Waals surface area contributed by atoms with Crippen molar-refractivity contribution < 1.29 is 14.3 Å². The number of imidazole rings is 1. The second-order valence-corrected chi connectivity index (χ2v) is 11.2. The second kappa shape index (κ2) is 13.6. The molecule has 1 N–H and O–H groups in total. The number of hydrogen-bond donors (Lipinski definition) is 1. The first-order valence-corrected chi connectivity index (χ1v) is 15.2. The van der Waals surface area contributed by atoms with E-state index in [1.165, 1.54) is 12.6 Å². The summed E-state index contributed by atoms with van der Waals surface area (Å²) < 4.78 is 13.7. The normalized spacial score (nSPS) is 12.1. The van der Waals surface area contributed by atoms with Gasteiger partial charge in [-0.1, -0.05) is 92.2 Å². The van der Waals surface area contributed by atoms with Gasteiger partial charge in [0.1, 0.15) is 5.82 Å². The molecule has 4 aromatic carbocycles. The predicted molar refractivity (Wildman–Crippen MR) is 174 cm³/mol. The first kappa shape index (κ1) is 29.2. The van der Waals surface area contributed by atoms with Gasteiger partial charge in [0, 0.05) is 49.9 Å². The van der Waals surface area contributed by atoms with Crippen molar-refractivity contribution in [3.05, 3.63) is 120 Å². The number of carbonyl (C=O) groups excluding carboxylic acids is 1. The quantitative estimate of drug-likeness (QED) is 0.161. The Kier molecular flexibility index (Phi) is 9.03. The molecule has 224 valence electrons. The van der Waals surface area contributed by atoms with Crippen molar-refractivity contribution in [3.8, 4) is 34.1 Å². The van der Waals surface area contributed by atoms with Crippen LogP contribution >= 0.6 is 0 Å². The van der Waals surface area contributed by atoms with E-state index in [1.807, 2.05) is 30.3 Å². The average molecular weight is 587 g/mol. The lowest BCUT2D eigenvalue weighted by atomic mass is 10.1. The minimum atomic E-state index is -0.0785. The minimum absolute atomic E-state index is 0.0785. The Hall–Kier alpha value is -4.88. The molecule has 0 unspecified atom stereocenters. The molecule has 5 aromatic rings. The molecule has 1 amide bonds. The molecule has 0 fully saturated rings. The van der Waals surface area contributed by atoms with Gasteiger partial charge in [0.15, 0.2) is 11.5 Å². The van der Waals surface area contributed by atoms with Gasteiger partial charge in [-0.05, 0) is 41.8 Å². The molecule has 1 aromatic heterocycles. The van der Waals surface area contributed by atoms with E-state index < -0.39 is 0 Å². The highest BCUT2D eigenvalue weighted by molar-refractivity contribution is 5.88. The second-order valence-electron chi connectivity index (χ2n) is 11.2. The summed E-state index contributed by atoms with van der Waals surface area (Å²) in [6, 6.07) is 35.3. The van der Waals surface area contributed by atoms with Crippen LogP contribution in [0.4, 0.5) is 5.69 Å². The molecule has 0 spiro atoms. The van der Waals surface area contributed by atoms with Crippen molar-refractivity contribution in [2.75, 3.05) is 12.1 Å². The van der Waals surface area contributed by atoms with Crippen LogP contribution in [0.5, 0.6) is 11.5 Å². The van der Waals surface area contributed by atoms with Crippen LogP contribution in [0.2, 0.25) is 0 Å². The number of nitrogens with zero attached hydrogens (tertiary/aromatic N) is 3. The van der Waals surface area contributed by atoms with E-state index in [4.69, 9.17) is 14.5 Å². The molecule has 1 aliphatic rings. The van der Waals surface area contributed by atoms with Crippen LogP contribution < -0.4 is 14.8 Å². The van der Waals surface area contributed by atoms with Gasteiger partial charge >= 0.3 is 0 Å².